The molecule has 0 bridgehead atoms. The standard InChI is InChI=1S/C13H21N7/c1-3-15-11-16-12(19(2)8-6-7-14)18-13(17-11)20-9-4-5-10-20/h3-6,8-10H2,1-2H3,(H,15,16,17,18). The zero-order valence-electron chi connectivity index (χ0n) is 12.1. The molecule has 2 heterocycles. The average Bonchev–Trinajstić information content (AvgIpc) is 2.99. The van der Waals surface area contributed by atoms with Crippen molar-refractivity contribution in [2.45, 2.75) is 26.2 Å². The molecular weight excluding hydrogens is 254 g/mol. The van der Waals surface area contributed by atoms with Gasteiger partial charge in [0, 0.05) is 33.2 Å². The molecular formula is C13H21N7. The lowest BCUT2D eigenvalue weighted by atomic mass is 10.4. The average molecular weight is 275 g/mol. The van der Waals surface area contributed by atoms with Crippen molar-refractivity contribution in [1.29, 1.82) is 5.26 Å². The number of hydrogen-bond donors (Lipinski definition) is 1. The SMILES string of the molecule is CCNc1nc(N(C)CCC#N)nc(N2CCCC2)n1. The van der Waals surface area contributed by atoms with E-state index in [0.29, 0.717) is 24.9 Å². The minimum atomic E-state index is 0.456. The maximum absolute atomic E-state index is 8.68. The van der Waals surface area contributed by atoms with E-state index in [1.165, 1.54) is 12.8 Å². The van der Waals surface area contributed by atoms with E-state index in [1.54, 1.807) is 0 Å². The molecule has 0 spiro atoms. The first-order chi connectivity index (χ1) is 9.74. The zero-order chi connectivity index (χ0) is 14.4. The summed E-state index contributed by atoms with van der Waals surface area (Å²) in [5.74, 6) is 1.95. The number of anilines is 3. The second-order valence-electron chi connectivity index (χ2n) is 4.81. The Morgan fingerprint density at radius 1 is 1.30 bits per heavy atom. The lowest BCUT2D eigenvalue weighted by Gasteiger charge is -2.20. The summed E-state index contributed by atoms with van der Waals surface area (Å²) >= 11 is 0. The van der Waals surface area contributed by atoms with Crippen LogP contribution >= 0.6 is 0 Å². The summed E-state index contributed by atoms with van der Waals surface area (Å²) in [6, 6.07) is 2.14. The van der Waals surface area contributed by atoms with Crippen molar-refractivity contribution in [3.8, 4) is 6.07 Å². The van der Waals surface area contributed by atoms with Crippen LogP contribution in [0.2, 0.25) is 0 Å². The van der Waals surface area contributed by atoms with E-state index in [-0.39, 0.29) is 0 Å². The highest BCUT2D eigenvalue weighted by atomic mass is 15.4. The van der Waals surface area contributed by atoms with E-state index >= 15 is 0 Å². The van der Waals surface area contributed by atoms with Crippen molar-refractivity contribution in [2.24, 2.45) is 0 Å². The molecule has 20 heavy (non-hydrogen) atoms. The summed E-state index contributed by atoms with van der Waals surface area (Å²) < 4.78 is 0. The number of hydrogen-bond acceptors (Lipinski definition) is 7. The highest BCUT2D eigenvalue weighted by molar-refractivity contribution is 5.45. The van der Waals surface area contributed by atoms with Gasteiger partial charge in [-0.3, -0.25) is 0 Å². The molecule has 0 amide bonds. The number of rotatable bonds is 6. The Bertz CT molecular complexity index is 476. The lowest BCUT2D eigenvalue weighted by molar-refractivity contribution is 0.822. The minimum absolute atomic E-state index is 0.456. The second kappa shape index (κ2) is 6.89. The van der Waals surface area contributed by atoms with Crippen molar-refractivity contribution in [2.75, 3.05) is 48.3 Å². The topological polar surface area (TPSA) is 81.0 Å². The number of nitrogens with zero attached hydrogens (tertiary/aromatic N) is 6. The fourth-order valence-electron chi connectivity index (χ4n) is 2.14. The van der Waals surface area contributed by atoms with Crippen LogP contribution in [0.4, 0.5) is 17.8 Å². The van der Waals surface area contributed by atoms with Crippen LogP contribution in [0.3, 0.4) is 0 Å². The molecule has 1 aliphatic rings. The minimum Gasteiger partial charge on any atom is -0.354 e. The van der Waals surface area contributed by atoms with Crippen LogP contribution in [0.1, 0.15) is 26.2 Å². The zero-order valence-corrected chi connectivity index (χ0v) is 12.1. The normalized spacial score (nSPS) is 14.2. The number of nitriles is 1. The first-order valence-corrected chi connectivity index (χ1v) is 7.07. The van der Waals surface area contributed by atoms with Crippen LogP contribution in [0, 0.1) is 11.3 Å². The Kier molecular flexibility index (Phi) is 4.93. The monoisotopic (exact) mass is 275 g/mol. The Labute approximate surface area is 119 Å². The van der Waals surface area contributed by atoms with Gasteiger partial charge in [-0.05, 0) is 19.8 Å². The molecule has 7 nitrogen and oxygen atoms in total. The first-order valence-electron chi connectivity index (χ1n) is 7.07. The first kappa shape index (κ1) is 14.3. The van der Waals surface area contributed by atoms with Crippen LogP contribution in [-0.2, 0) is 0 Å². The number of nitrogens with one attached hydrogen (secondary N) is 1. The van der Waals surface area contributed by atoms with Crippen molar-refractivity contribution in [3.05, 3.63) is 0 Å². The molecule has 1 aromatic rings. The van der Waals surface area contributed by atoms with E-state index in [4.69, 9.17) is 5.26 Å². The third-order valence-electron chi connectivity index (χ3n) is 3.24. The van der Waals surface area contributed by atoms with Gasteiger partial charge in [-0.1, -0.05) is 0 Å². The highest BCUT2D eigenvalue weighted by Gasteiger charge is 2.18. The van der Waals surface area contributed by atoms with Gasteiger partial charge in [0.25, 0.3) is 0 Å². The molecule has 0 unspecified atom stereocenters. The quantitative estimate of drug-likeness (QED) is 0.836. The molecule has 108 valence electrons. The third-order valence-corrected chi connectivity index (χ3v) is 3.24. The van der Waals surface area contributed by atoms with Gasteiger partial charge in [0.2, 0.25) is 17.8 Å². The molecule has 1 fully saturated rings. The fraction of sp³-hybridized carbons (Fsp3) is 0.692. The Morgan fingerprint density at radius 2 is 2.05 bits per heavy atom. The summed E-state index contributed by atoms with van der Waals surface area (Å²) in [6.07, 6.45) is 2.82. The molecule has 0 aromatic carbocycles. The van der Waals surface area contributed by atoms with Crippen molar-refractivity contribution in [3.63, 3.8) is 0 Å². The molecule has 0 radical (unpaired) electrons. The van der Waals surface area contributed by atoms with Crippen LogP contribution in [-0.4, -0.2) is 48.2 Å². The van der Waals surface area contributed by atoms with E-state index in [1.807, 2.05) is 18.9 Å². The van der Waals surface area contributed by atoms with Crippen molar-refractivity contribution >= 4 is 17.8 Å². The summed E-state index contributed by atoms with van der Waals surface area (Å²) in [5.41, 5.74) is 0. The van der Waals surface area contributed by atoms with E-state index in [2.05, 4.69) is 31.2 Å². The van der Waals surface area contributed by atoms with Gasteiger partial charge in [-0.2, -0.15) is 20.2 Å². The van der Waals surface area contributed by atoms with Crippen LogP contribution < -0.4 is 15.1 Å². The maximum Gasteiger partial charge on any atom is 0.231 e. The highest BCUT2D eigenvalue weighted by Crippen LogP contribution is 2.19. The van der Waals surface area contributed by atoms with E-state index in [9.17, 15) is 0 Å². The summed E-state index contributed by atoms with van der Waals surface area (Å²) in [6.45, 7) is 5.39. The molecule has 7 heteroatoms. The summed E-state index contributed by atoms with van der Waals surface area (Å²) in [7, 11) is 1.90. The largest absolute Gasteiger partial charge is 0.354 e. The van der Waals surface area contributed by atoms with Crippen LogP contribution in [0.15, 0.2) is 0 Å². The van der Waals surface area contributed by atoms with Gasteiger partial charge >= 0.3 is 0 Å². The second-order valence-corrected chi connectivity index (χ2v) is 4.81. The molecule has 0 saturated carbocycles. The smallest absolute Gasteiger partial charge is 0.231 e. The van der Waals surface area contributed by atoms with Crippen LogP contribution in [0.25, 0.3) is 0 Å². The summed E-state index contributed by atoms with van der Waals surface area (Å²) in [5, 5.41) is 11.8. The molecule has 1 aromatic heterocycles. The Balaban J connectivity index is 2.23. The Morgan fingerprint density at radius 3 is 2.70 bits per heavy atom. The van der Waals surface area contributed by atoms with Crippen molar-refractivity contribution in [1.82, 2.24) is 15.0 Å². The molecule has 1 N–H and O–H groups in total. The number of aromatic nitrogens is 3. The predicted octanol–water partition coefficient (Wildman–Crippen LogP) is 1.25. The summed E-state index contributed by atoms with van der Waals surface area (Å²) in [4.78, 5) is 17.5. The maximum atomic E-state index is 8.68. The van der Waals surface area contributed by atoms with E-state index < -0.39 is 0 Å². The lowest BCUT2D eigenvalue weighted by Crippen LogP contribution is -2.26. The predicted molar refractivity (Wildman–Crippen MR) is 78.9 cm³/mol. The van der Waals surface area contributed by atoms with Crippen LogP contribution in [0.5, 0.6) is 0 Å². The van der Waals surface area contributed by atoms with Crippen molar-refractivity contribution < 1.29 is 0 Å². The van der Waals surface area contributed by atoms with Gasteiger partial charge < -0.3 is 15.1 Å². The van der Waals surface area contributed by atoms with Gasteiger partial charge in [0.15, 0.2) is 0 Å². The van der Waals surface area contributed by atoms with Gasteiger partial charge in [0.1, 0.15) is 0 Å². The third kappa shape index (κ3) is 3.47. The van der Waals surface area contributed by atoms with E-state index in [0.717, 1.165) is 25.6 Å². The van der Waals surface area contributed by atoms with Gasteiger partial charge in [-0.25, -0.2) is 0 Å². The molecule has 2 rings (SSSR count). The molecule has 1 saturated heterocycles. The molecule has 0 aliphatic carbocycles. The van der Waals surface area contributed by atoms with Gasteiger partial charge in [-0.15, -0.1) is 0 Å². The van der Waals surface area contributed by atoms with Gasteiger partial charge in [0.05, 0.1) is 12.5 Å². The molecule has 0 atom stereocenters. The Hall–Kier alpha value is -2.10. The fourth-order valence-corrected chi connectivity index (χ4v) is 2.14. The molecule has 1 aliphatic heterocycles.